The van der Waals surface area contributed by atoms with Crippen molar-refractivity contribution < 1.29 is 4.79 Å². The molecule has 5 heteroatoms. The van der Waals surface area contributed by atoms with Gasteiger partial charge in [0.1, 0.15) is 0 Å². The fourth-order valence-electron chi connectivity index (χ4n) is 5.27. The normalized spacial score (nSPS) is 26.0. The summed E-state index contributed by atoms with van der Waals surface area (Å²) in [6, 6.07) is 6.82. The number of anilines is 1. The average molecular weight is 371 g/mol. The van der Waals surface area contributed by atoms with E-state index in [9.17, 15) is 4.79 Å². The van der Waals surface area contributed by atoms with Crippen LogP contribution in [0.15, 0.2) is 18.2 Å². The molecule has 148 valence electrons. The molecule has 0 atom stereocenters. The van der Waals surface area contributed by atoms with Crippen LogP contribution in [0.3, 0.4) is 0 Å². The third-order valence-corrected chi connectivity index (χ3v) is 6.88. The van der Waals surface area contributed by atoms with Gasteiger partial charge in [0, 0.05) is 37.9 Å². The van der Waals surface area contributed by atoms with Crippen molar-refractivity contribution in [1.82, 2.24) is 10.2 Å². The van der Waals surface area contributed by atoms with Gasteiger partial charge < -0.3 is 16.0 Å². The lowest BCUT2D eigenvalue weighted by Crippen LogP contribution is -2.47. The predicted molar refractivity (Wildman–Crippen MR) is 110 cm³/mol. The first-order chi connectivity index (χ1) is 13.2. The zero-order valence-electron chi connectivity index (χ0n) is 16.5. The number of nitrogens with zero attached hydrogens (tertiary/aromatic N) is 2. The minimum absolute atomic E-state index is 0.301. The number of benzene rings is 1. The Kier molecular flexibility index (Phi) is 5.86. The Labute approximate surface area is 163 Å². The number of amides is 2. The van der Waals surface area contributed by atoms with Crippen LogP contribution in [0, 0.1) is 5.92 Å². The Morgan fingerprint density at radius 1 is 1.07 bits per heavy atom. The van der Waals surface area contributed by atoms with Gasteiger partial charge in [0.05, 0.1) is 0 Å². The first kappa shape index (κ1) is 18.6. The minimum Gasteiger partial charge on any atom is -0.369 e. The molecule has 1 aromatic rings. The molecule has 2 aliphatic carbocycles. The molecule has 0 bridgehead atoms. The van der Waals surface area contributed by atoms with E-state index < -0.39 is 0 Å². The number of carbonyl (C=O) groups excluding carboxylic acids is 1. The number of nitrogens with one attached hydrogen (secondary N) is 1. The molecule has 0 radical (unpaired) electrons. The van der Waals surface area contributed by atoms with Crippen LogP contribution in [-0.4, -0.2) is 49.7 Å². The Morgan fingerprint density at radius 3 is 2.59 bits per heavy atom. The molecule has 1 saturated heterocycles. The summed E-state index contributed by atoms with van der Waals surface area (Å²) in [7, 11) is 0. The van der Waals surface area contributed by atoms with E-state index in [0.29, 0.717) is 6.04 Å². The summed E-state index contributed by atoms with van der Waals surface area (Å²) in [5.41, 5.74) is 9.94. The second-order valence-electron chi connectivity index (χ2n) is 8.61. The highest BCUT2D eigenvalue weighted by Crippen LogP contribution is 2.32. The first-order valence-corrected chi connectivity index (χ1v) is 10.8. The third-order valence-electron chi connectivity index (χ3n) is 6.88. The van der Waals surface area contributed by atoms with Gasteiger partial charge in [-0.05, 0) is 81.0 Å². The van der Waals surface area contributed by atoms with Crippen LogP contribution in [0.4, 0.5) is 10.5 Å². The SMILES string of the molecule is NC(=O)NC1CCC(CCN2CCN(c3cccc4c3CCC4)CC2)CC1. The Morgan fingerprint density at radius 2 is 1.85 bits per heavy atom. The third kappa shape index (κ3) is 4.57. The lowest BCUT2D eigenvalue weighted by atomic mass is 9.84. The van der Waals surface area contributed by atoms with E-state index >= 15 is 0 Å². The molecule has 0 spiro atoms. The molecule has 1 heterocycles. The van der Waals surface area contributed by atoms with Crippen molar-refractivity contribution >= 4 is 11.7 Å². The van der Waals surface area contributed by atoms with Crippen LogP contribution in [0.25, 0.3) is 0 Å². The van der Waals surface area contributed by atoms with E-state index in [4.69, 9.17) is 5.73 Å². The molecule has 1 saturated carbocycles. The van der Waals surface area contributed by atoms with Gasteiger partial charge in [-0.3, -0.25) is 4.90 Å². The molecule has 1 aliphatic heterocycles. The number of fused-ring (bicyclic) bond motifs is 1. The summed E-state index contributed by atoms with van der Waals surface area (Å²) in [4.78, 5) is 16.2. The van der Waals surface area contributed by atoms with Crippen molar-refractivity contribution in [3.05, 3.63) is 29.3 Å². The zero-order chi connectivity index (χ0) is 18.6. The molecule has 5 nitrogen and oxygen atoms in total. The first-order valence-electron chi connectivity index (χ1n) is 10.8. The van der Waals surface area contributed by atoms with Crippen LogP contribution in [0.1, 0.15) is 49.7 Å². The highest BCUT2D eigenvalue weighted by molar-refractivity contribution is 5.71. The van der Waals surface area contributed by atoms with E-state index in [1.807, 2.05) is 0 Å². The second kappa shape index (κ2) is 8.51. The van der Waals surface area contributed by atoms with Crippen LogP contribution >= 0.6 is 0 Å². The van der Waals surface area contributed by atoms with Gasteiger partial charge in [-0.25, -0.2) is 4.79 Å². The molecule has 3 N–H and O–H groups in total. The highest BCUT2D eigenvalue weighted by atomic mass is 16.2. The predicted octanol–water partition coefficient (Wildman–Crippen LogP) is 2.91. The van der Waals surface area contributed by atoms with Gasteiger partial charge in [0.2, 0.25) is 0 Å². The van der Waals surface area contributed by atoms with E-state index in [0.717, 1.165) is 31.8 Å². The number of hydrogen-bond donors (Lipinski definition) is 2. The molecule has 4 rings (SSSR count). The fourth-order valence-corrected chi connectivity index (χ4v) is 5.27. The Balaban J connectivity index is 1.20. The summed E-state index contributed by atoms with van der Waals surface area (Å²) >= 11 is 0. The van der Waals surface area contributed by atoms with E-state index in [1.54, 1.807) is 11.1 Å². The molecule has 1 aromatic carbocycles. The highest BCUT2D eigenvalue weighted by Gasteiger charge is 2.25. The number of hydrogen-bond acceptors (Lipinski definition) is 3. The van der Waals surface area contributed by atoms with E-state index in [-0.39, 0.29) is 6.03 Å². The van der Waals surface area contributed by atoms with Crippen LogP contribution < -0.4 is 16.0 Å². The number of aryl methyl sites for hydroxylation is 1. The van der Waals surface area contributed by atoms with Gasteiger partial charge in [-0.15, -0.1) is 0 Å². The molecule has 2 fully saturated rings. The molecule has 2 amide bonds. The van der Waals surface area contributed by atoms with Gasteiger partial charge in [-0.1, -0.05) is 12.1 Å². The largest absolute Gasteiger partial charge is 0.369 e. The monoisotopic (exact) mass is 370 g/mol. The van der Waals surface area contributed by atoms with Gasteiger partial charge in [0.15, 0.2) is 0 Å². The van der Waals surface area contributed by atoms with Crippen LogP contribution in [0.5, 0.6) is 0 Å². The molecular formula is C22H34N4O. The second-order valence-corrected chi connectivity index (χ2v) is 8.61. The quantitative estimate of drug-likeness (QED) is 0.838. The standard InChI is InChI=1S/C22H34N4O/c23-22(27)24-19-9-7-17(8-10-19)11-12-25-13-15-26(16-14-25)21-6-2-4-18-3-1-5-20(18)21/h2,4,6,17,19H,1,3,5,7-16H2,(H3,23,24,27). The van der Waals surface area contributed by atoms with Crippen molar-refractivity contribution in [2.24, 2.45) is 11.7 Å². The number of nitrogens with two attached hydrogens (primary N) is 1. The maximum Gasteiger partial charge on any atom is 0.312 e. The summed E-state index contributed by atoms with van der Waals surface area (Å²) in [6.45, 7) is 5.90. The van der Waals surface area contributed by atoms with Crippen molar-refractivity contribution in [3.63, 3.8) is 0 Å². The van der Waals surface area contributed by atoms with Gasteiger partial charge >= 0.3 is 6.03 Å². The number of piperazine rings is 1. The van der Waals surface area contributed by atoms with Crippen molar-refractivity contribution in [2.75, 3.05) is 37.6 Å². The maximum absolute atomic E-state index is 11.0. The summed E-state index contributed by atoms with van der Waals surface area (Å²) in [6.07, 6.45) is 9.76. The number of rotatable bonds is 5. The Hall–Kier alpha value is -1.75. The topological polar surface area (TPSA) is 61.6 Å². The zero-order valence-corrected chi connectivity index (χ0v) is 16.5. The fraction of sp³-hybridized carbons (Fsp3) is 0.682. The minimum atomic E-state index is -0.375. The number of carbonyl (C=O) groups is 1. The average Bonchev–Trinajstić information content (AvgIpc) is 3.16. The molecular weight excluding hydrogens is 336 g/mol. The summed E-state index contributed by atoms with van der Waals surface area (Å²) < 4.78 is 0. The molecule has 0 unspecified atom stereocenters. The van der Waals surface area contributed by atoms with E-state index in [2.05, 4.69) is 33.3 Å². The number of urea groups is 1. The maximum atomic E-state index is 11.0. The smallest absolute Gasteiger partial charge is 0.312 e. The Bertz CT molecular complexity index is 646. The van der Waals surface area contributed by atoms with Crippen LogP contribution in [0.2, 0.25) is 0 Å². The molecule has 27 heavy (non-hydrogen) atoms. The van der Waals surface area contributed by atoms with Crippen molar-refractivity contribution in [2.45, 2.75) is 57.4 Å². The summed E-state index contributed by atoms with van der Waals surface area (Å²) in [5, 5.41) is 2.87. The summed E-state index contributed by atoms with van der Waals surface area (Å²) in [5.74, 6) is 0.811. The molecule has 3 aliphatic rings. The molecule has 0 aromatic heterocycles. The van der Waals surface area contributed by atoms with Gasteiger partial charge in [0.25, 0.3) is 0 Å². The van der Waals surface area contributed by atoms with Crippen LogP contribution in [-0.2, 0) is 12.8 Å². The number of primary amides is 1. The van der Waals surface area contributed by atoms with Crippen molar-refractivity contribution in [1.29, 1.82) is 0 Å². The van der Waals surface area contributed by atoms with E-state index in [1.165, 1.54) is 63.8 Å². The lowest BCUT2D eigenvalue weighted by molar-refractivity contribution is 0.207. The van der Waals surface area contributed by atoms with Gasteiger partial charge in [-0.2, -0.15) is 0 Å². The lowest BCUT2D eigenvalue weighted by Gasteiger charge is -2.38. The van der Waals surface area contributed by atoms with Crippen molar-refractivity contribution in [3.8, 4) is 0 Å².